The van der Waals surface area contributed by atoms with Crippen molar-refractivity contribution in [3.05, 3.63) is 65.7 Å². The van der Waals surface area contributed by atoms with Crippen molar-refractivity contribution < 1.29 is 66.9 Å². The summed E-state index contributed by atoms with van der Waals surface area (Å²) in [7, 11) is 0. The SMILES string of the molecule is CC(c1ccccc1)C(O)(CC(F)(F)C(F)(F)C(F)(F)C(F)(F)C(F)(F)C(F)(F)F)c1cccc(OC(C)(C)C)c1. The Morgan fingerprint density at radius 2 is 1.15 bits per heavy atom. The van der Waals surface area contributed by atoms with E-state index in [1.807, 2.05) is 0 Å². The Bertz CT molecular complexity index is 1190. The highest BCUT2D eigenvalue weighted by Gasteiger charge is 2.90. The minimum absolute atomic E-state index is 0.0445. The molecule has 0 bridgehead atoms. The lowest BCUT2D eigenvalue weighted by Gasteiger charge is -2.43. The van der Waals surface area contributed by atoms with Crippen LogP contribution in [0.1, 0.15) is 51.2 Å². The van der Waals surface area contributed by atoms with E-state index in [-0.39, 0.29) is 11.3 Å². The third-order valence-corrected chi connectivity index (χ3v) is 6.26. The van der Waals surface area contributed by atoms with Gasteiger partial charge in [-0.1, -0.05) is 49.4 Å². The van der Waals surface area contributed by atoms with Gasteiger partial charge in [0, 0.05) is 5.92 Å². The quantitative estimate of drug-likeness (QED) is 0.270. The van der Waals surface area contributed by atoms with Gasteiger partial charge in [-0.05, 0) is 44.0 Å². The van der Waals surface area contributed by atoms with Gasteiger partial charge in [0.25, 0.3) is 0 Å². The second kappa shape index (κ2) is 10.5. The molecule has 2 atom stereocenters. The lowest BCUT2D eigenvalue weighted by molar-refractivity contribution is -0.441. The lowest BCUT2D eigenvalue weighted by atomic mass is 9.73. The van der Waals surface area contributed by atoms with Crippen LogP contribution in [0.25, 0.3) is 0 Å². The highest BCUT2D eigenvalue weighted by atomic mass is 19.4. The third-order valence-electron chi connectivity index (χ3n) is 6.26. The van der Waals surface area contributed by atoms with Crippen LogP contribution in [0.4, 0.5) is 57.1 Å². The van der Waals surface area contributed by atoms with Gasteiger partial charge >= 0.3 is 35.8 Å². The molecule has 0 radical (unpaired) electrons. The van der Waals surface area contributed by atoms with Gasteiger partial charge in [0.1, 0.15) is 17.0 Å². The van der Waals surface area contributed by atoms with Gasteiger partial charge in [0.05, 0.1) is 6.42 Å². The van der Waals surface area contributed by atoms with Gasteiger partial charge in [-0.25, -0.2) is 0 Å². The number of rotatable bonds is 10. The van der Waals surface area contributed by atoms with Crippen LogP contribution in [0.5, 0.6) is 5.75 Å². The fourth-order valence-corrected chi connectivity index (χ4v) is 3.96. The molecule has 2 aromatic rings. The Morgan fingerprint density at radius 1 is 0.659 bits per heavy atom. The summed E-state index contributed by atoms with van der Waals surface area (Å²) < 4.78 is 185. The third kappa shape index (κ3) is 6.09. The van der Waals surface area contributed by atoms with Crippen molar-refractivity contribution in [1.29, 1.82) is 0 Å². The summed E-state index contributed by atoms with van der Waals surface area (Å²) in [4.78, 5) is 0. The van der Waals surface area contributed by atoms with Crippen molar-refractivity contribution in [2.24, 2.45) is 0 Å². The molecule has 2 nitrogen and oxygen atoms in total. The van der Waals surface area contributed by atoms with Gasteiger partial charge < -0.3 is 9.84 Å². The molecule has 41 heavy (non-hydrogen) atoms. The van der Waals surface area contributed by atoms with E-state index in [9.17, 15) is 53.4 Å². The van der Waals surface area contributed by atoms with E-state index in [1.165, 1.54) is 36.4 Å². The number of hydrogen-bond donors (Lipinski definition) is 1. The highest BCUT2D eigenvalue weighted by molar-refractivity contribution is 5.37. The number of halogens is 13. The Kier molecular flexibility index (Phi) is 8.86. The van der Waals surface area contributed by atoms with E-state index in [0.717, 1.165) is 25.1 Å². The van der Waals surface area contributed by atoms with E-state index in [4.69, 9.17) is 4.74 Å². The Balaban J connectivity index is 2.73. The van der Waals surface area contributed by atoms with Crippen molar-refractivity contribution in [1.82, 2.24) is 0 Å². The summed E-state index contributed by atoms with van der Waals surface area (Å²) in [6.07, 6.45) is -10.3. The van der Waals surface area contributed by atoms with Crippen molar-refractivity contribution in [2.75, 3.05) is 0 Å². The number of hydrogen-bond acceptors (Lipinski definition) is 2. The predicted octanol–water partition coefficient (Wildman–Crippen LogP) is 8.98. The minimum Gasteiger partial charge on any atom is -0.488 e. The molecule has 15 heteroatoms. The first kappa shape index (κ1) is 34.5. The molecule has 0 aliphatic carbocycles. The second-order valence-corrected chi connectivity index (χ2v) is 10.5. The molecule has 0 heterocycles. The molecule has 2 aromatic carbocycles. The molecular formula is C26H25F13O2. The monoisotopic (exact) mass is 616 g/mol. The number of benzene rings is 2. The van der Waals surface area contributed by atoms with Crippen LogP contribution in [-0.4, -0.2) is 46.5 Å². The number of alkyl halides is 13. The molecule has 2 unspecified atom stereocenters. The maximum Gasteiger partial charge on any atom is 0.460 e. The molecule has 2 rings (SSSR count). The maximum atomic E-state index is 15.1. The molecule has 0 saturated carbocycles. The number of ether oxygens (including phenoxy) is 1. The predicted molar refractivity (Wildman–Crippen MR) is 121 cm³/mol. The van der Waals surface area contributed by atoms with Crippen molar-refractivity contribution in [2.45, 2.75) is 87.0 Å². The molecule has 0 aliphatic heterocycles. The van der Waals surface area contributed by atoms with E-state index >= 15 is 8.78 Å². The van der Waals surface area contributed by atoms with E-state index in [1.54, 1.807) is 20.8 Å². The standard InChI is InChI=1S/C26H25F13O2/c1-15(16-9-6-5-7-10-16)20(40,17-11-8-12-18(13-17)41-19(2,3)4)14-21(27,28)22(29,30)23(31,32)24(33,34)25(35,36)26(37,38)39/h5-13,15,40H,14H2,1-4H3. The summed E-state index contributed by atoms with van der Waals surface area (Å²) in [6.45, 7) is 5.63. The van der Waals surface area contributed by atoms with Crippen molar-refractivity contribution in [3.8, 4) is 5.75 Å². The topological polar surface area (TPSA) is 29.5 Å². The highest BCUT2D eigenvalue weighted by Crippen LogP contribution is 2.62. The summed E-state index contributed by atoms with van der Waals surface area (Å²) in [5.74, 6) is -39.7. The Hall–Kier alpha value is -2.71. The lowest BCUT2D eigenvalue weighted by Crippen LogP contribution is -2.70. The molecule has 0 aliphatic rings. The van der Waals surface area contributed by atoms with Crippen LogP contribution < -0.4 is 4.74 Å². The van der Waals surface area contributed by atoms with Gasteiger partial charge in [-0.2, -0.15) is 57.1 Å². The molecule has 0 aromatic heterocycles. The van der Waals surface area contributed by atoms with Crippen molar-refractivity contribution in [3.63, 3.8) is 0 Å². The fourth-order valence-electron chi connectivity index (χ4n) is 3.96. The fraction of sp³-hybridized carbons (Fsp3) is 0.538. The molecular weight excluding hydrogens is 591 g/mol. The Morgan fingerprint density at radius 3 is 1.61 bits per heavy atom. The van der Waals surface area contributed by atoms with E-state index < -0.39 is 64.9 Å². The van der Waals surface area contributed by atoms with Crippen LogP contribution in [0.3, 0.4) is 0 Å². The largest absolute Gasteiger partial charge is 0.488 e. The number of aliphatic hydroxyl groups is 1. The zero-order chi connectivity index (χ0) is 32.1. The van der Waals surface area contributed by atoms with E-state index in [2.05, 4.69) is 0 Å². The zero-order valence-corrected chi connectivity index (χ0v) is 21.7. The molecule has 232 valence electrons. The summed E-state index contributed by atoms with van der Waals surface area (Å²) in [6, 6.07) is 10.6. The molecule has 0 amide bonds. The zero-order valence-electron chi connectivity index (χ0n) is 21.7. The minimum atomic E-state index is -8.03. The summed E-state index contributed by atoms with van der Waals surface area (Å²) >= 11 is 0. The van der Waals surface area contributed by atoms with Crippen molar-refractivity contribution >= 4 is 0 Å². The maximum absolute atomic E-state index is 15.1. The van der Waals surface area contributed by atoms with E-state index in [0.29, 0.717) is 0 Å². The molecule has 1 N–H and O–H groups in total. The van der Waals surface area contributed by atoms with Crippen LogP contribution >= 0.6 is 0 Å². The van der Waals surface area contributed by atoms with Gasteiger partial charge in [-0.3, -0.25) is 0 Å². The average molecular weight is 616 g/mol. The molecule has 0 fully saturated rings. The molecule has 0 spiro atoms. The first-order chi connectivity index (χ1) is 18.2. The van der Waals surface area contributed by atoms with Gasteiger partial charge in [0.2, 0.25) is 0 Å². The van der Waals surface area contributed by atoms with Gasteiger partial charge in [-0.15, -0.1) is 0 Å². The normalized spacial score (nSPS) is 16.7. The summed E-state index contributed by atoms with van der Waals surface area (Å²) in [5.41, 5.74) is -4.97. The van der Waals surface area contributed by atoms with Gasteiger partial charge in [0.15, 0.2) is 0 Å². The van der Waals surface area contributed by atoms with Crippen LogP contribution in [-0.2, 0) is 5.60 Å². The first-order valence-electron chi connectivity index (χ1n) is 11.7. The summed E-state index contributed by atoms with van der Waals surface area (Å²) in [5, 5.41) is 11.5. The average Bonchev–Trinajstić information content (AvgIpc) is 2.81. The first-order valence-corrected chi connectivity index (χ1v) is 11.7. The van der Waals surface area contributed by atoms with Crippen LogP contribution in [0.2, 0.25) is 0 Å². The Labute approximate surface area is 226 Å². The smallest absolute Gasteiger partial charge is 0.460 e. The van der Waals surface area contributed by atoms with Crippen LogP contribution in [0.15, 0.2) is 54.6 Å². The second-order valence-electron chi connectivity index (χ2n) is 10.5. The molecule has 0 saturated heterocycles. The van der Waals surface area contributed by atoms with Crippen LogP contribution in [0, 0.1) is 0 Å².